The molecule has 2 aromatic carbocycles. The van der Waals surface area contributed by atoms with Crippen LogP contribution in [0.3, 0.4) is 0 Å². The molecule has 0 saturated carbocycles. The fourth-order valence-electron chi connectivity index (χ4n) is 4.16. The second-order valence-corrected chi connectivity index (χ2v) is 8.25. The molecule has 172 valence electrons. The number of fused-ring (bicyclic) bond motifs is 3. The molecular weight excluding hydrogens is 434 g/mol. The van der Waals surface area contributed by atoms with Crippen molar-refractivity contribution in [2.75, 3.05) is 7.11 Å². The zero-order valence-electron chi connectivity index (χ0n) is 19.3. The van der Waals surface area contributed by atoms with Gasteiger partial charge in [-0.1, -0.05) is 36.4 Å². The lowest BCUT2D eigenvalue weighted by molar-refractivity contribution is -0.141. The van der Waals surface area contributed by atoms with Crippen LogP contribution in [0.4, 0.5) is 0 Å². The molecule has 0 N–H and O–H groups in total. The van der Waals surface area contributed by atoms with Gasteiger partial charge in [0.1, 0.15) is 6.54 Å². The lowest BCUT2D eigenvalue weighted by Gasteiger charge is -2.11. The third kappa shape index (κ3) is 3.16. The van der Waals surface area contributed by atoms with Crippen molar-refractivity contribution in [2.24, 2.45) is 7.05 Å². The summed E-state index contributed by atoms with van der Waals surface area (Å²) in [5.74, 6) is -0.197. The first-order chi connectivity index (χ1) is 16.3. The van der Waals surface area contributed by atoms with E-state index in [2.05, 4.69) is 10.8 Å². The quantitative estimate of drug-likeness (QED) is 0.387. The van der Waals surface area contributed by atoms with Gasteiger partial charge in [0.15, 0.2) is 11.2 Å². The van der Waals surface area contributed by atoms with Gasteiger partial charge in [0.2, 0.25) is 5.78 Å². The molecule has 9 heteroatoms. The number of carbonyl (C=O) groups excluding carboxylic acids is 1. The highest BCUT2D eigenvalue weighted by Crippen LogP contribution is 2.29. The van der Waals surface area contributed by atoms with E-state index in [4.69, 9.17) is 4.98 Å². The van der Waals surface area contributed by atoms with E-state index in [0.29, 0.717) is 5.78 Å². The Balaban J connectivity index is 1.91. The van der Waals surface area contributed by atoms with Gasteiger partial charge in [-0.2, -0.15) is 4.98 Å². The summed E-state index contributed by atoms with van der Waals surface area (Å²) in [6.07, 6.45) is 1.84. The van der Waals surface area contributed by atoms with Crippen molar-refractivity contribution in [1.82, 2.24) is 23.1 Å². The molecule has 9 nitrogen and oxygen atoms in total. The average Bonchev–Trinajstić information content (AvgIpc) is 3.39. The topological polar surface area (TPSA) is 92.5 Å². The first-order valence-electron chi connectivity index (χ1n) is 10.7. The number of methoxy groups -OCH3 is 1. The van der Waals surface area contributed by atoms with E-state index in [9.17, 15) is 14.4 Å². The predicted octanol–water partition coefficient (Wildman–Crippen LogP) is 2.60. The molecule has 0 aliphatic rings. The molecule has 5 aromatic rings. The summed E-state index contributed by atoms with van der Waals surface area (Å²) in [4.78, 5) is 42.8. The minimum Gasteiger partial charge on any atom is -0.468 e. The van der Waals surface area contributed by atoms with Crippen molar-refractivity contribution in [2.45, 2.75) is 20.4 Å². The lowest BCUT2D eigenvalue weighted by atomic mass is 10.1. The van der Waals surface area contributed by atoms with Crippen LogP contribution in [-0.2, 0) is 23.1 Å². The third-order valence-corrected chi connectivity index (χ3v) is 6.18. The number of aromatic nitrogens is 5. The Morgan fingerprint density at radius 3 is 2.44 bits per heavy atom. The first kappa shape index (κ1) is 21.4. The maximum atomic E-state index is 13.4. The number of hydrogen-bond donors (Lipinski definition) is 0. The Hall–Kier alpha value is -4.40. The molecule has 3 aromatic heterocycles. The monoisotopic (exact) mass is 457 g/mol. The van der Waals surface area contributed by atoms with Gasteiger partial charge in [-0.15, -0.1) is 0 Å². The van der Waals surface area contributed by atoms with E-state index in [1.54, 1.807) is 4.40 Å². The molecule has 34 heavy (non-hydrogen) atoms. The molecule has 3 heterocycles. The second kappa shape index (κ2) is 7.87. The van der Waals surface area contributed by atoms with Gasteiger partial charge in [0, 0.05) is 24.5 Å². The molecule has 0 fully saturated rings. The van der Waals surface area contributed by atoms with Gasteiger partial charge in [-0.3, -0.25) is 23.1 Å². The summed E-state index contributed by atoms with van der Waals surface area (Å²) in [5, 5.41) is 0. The van der Waals surface area contributed by atoms with Crippen LogP contribution in [0.15, 0.2) is 64.3 Å². The van der Waals surface area contributed by atoms with Crippen molar-refractivity contribution < 1.29 is 9.53 Å². The van der Waals surface area contributed by atoms with Crippen molar-refractivity contribution >= 4 is 22.9 Å². The van der Waals surface area contributed by atoms with E-state index in [1.165, 1.54) is 18.7 Å². The summed E-state index contributed by atoms with van der Waals surface area (Å²) in [6.45, 7) is 3.61. The van der Waals surface area contributed by atoms with Crippen molar-refractivity contribution in [1.29, 1.82) is 0 Å². The highest BCUT2D eigenvalue weighted by molar-refractivity contribution is 5.80. The molecule has 0 aliphatic carbocycles. The van der Waals surface area contributed by atoms with Crippen LogP contribution < -0.4 is 11.2 Å². The van der Waals surface area contributed by atoms with E-state index in [1.807, 2.05) is 67.1 Å². The maximum Gasteiger partial charge on any atom is 0.333 e. The van der Waals surface area contributed by atoms with Crippen LogP contribution in [0.2, 0.25) is 0 Å². The van der Waals surface area contributed by atoms with Crippen LogP contribution >= 0.6 is 0 Å². The number of imidazole rings is 2. The number of rotatable bonds is 4. The molecule has 0 atom stereocenters. The van der Waals surface area contributed by atoms with Crippen molar-refractivity contribution in [3.05, 3.63) is 86.7 Å². The number of benzene rings is 2. The first-order valence-corrected chi connectivity index (χ1v) is 10.7. The van der Waals surface area contributed by atoms with Crippen LogP contribution in [-0.4, -0.2) is 36.2 Å². The van der Waals surface area contributed by atoms with Crippen LogP contribution in [0.25, 0.3) is 33.9 Å². The van der Waals surface area contributed by atoms with Gasteiger partial charge in [-0.05, 0) is 37.1 Å². The summed E-state index contributed by atoms with van der Waals surface area (Å²) in [7, 11) is 2.74. The van der Waals surface area contributed by atoms with Gasteiger partial charge in [0.25, 0.3) is 5.56 Å². The van der Waals surface area contributed by atoms with Crippen molar-refractivity contribution in [3.8, 4) is 16.9 Å². The van der Waals surface area contributed by atoms with E-state index in [-0.39, 0.29) is 11.2 Å². The minimum atomic E-state index is -0.683. The minimum absolute atomic E-state index is 0.209. The van der Waals surface area contributed by atoms with Crippen molar-refractivity contribution in [3.63, 3.8) is 0 Å². The number of hydrogen-bond acceptors (Lipinski definition) is 5. The summed E-state index contributed by atoms with van der Waals surface area (Å²) in [6, 6.07) is 15.9. The standard InChI is InChI=1S/C25H23N5O4/c1-15-10-11-18(12-16(15)2)30-19(17-8-6-5-7-9-17)13-28-21-22(26-24(28)30)27(3)25(33)29(23(21)32)14-20(31)34-4/h5-13H,14H2,1-4H3. The fraction of sp³-hybridized carbons (Fsp3) is 0.200. The lowest BCUT2D eigenvalue weighted by Crippen LogP contribution is -2.41. The Labute approximate surface area is 194 Å². The second-order valence-electron chi connectivity index (χ2n) is 8.25. The predicted molar refractivity (Wildman–Crippen MR) is 128 cm³/mol. The Bertz CT molecular complexity index is 1700. The Morgan fingerprint density at radius 1 is 1.03 bits per heavy atom. The zero-order valence-corrected chi connectivity index (χ0v) is 19.3. The van der Waals surface area contributed by atoms with Gasteiger partial charge < -0.3 is 4.74 Å². The van der Waals surface area contributed by atoms with Crippen LogP contribution in [0.5, 0.6) is 0 Å². The normalized spacial score (nSPS) is 11.4. The molecule has 0 radical (unpaired) electrons. The number of ether oxygens (including phenoxy) is 1. The number of carbonyl (C=O) groups is 1. The molecule has 0 aliphatic heterocycles. The Morgan fingerprint density at radius 2 is 1.76 bits per heavy atom. The number of aryl methyl sites for hydroxylation is 3. The van der Waals surface area contributed by atoms with Gasteiger partial charge >= 0.3 is 11.7 Å². The van der Waals surface area contributed by atoms with Gasteiger partial charge in [-0.25, -0.2) is 9.36 Å². The third-order valence-electron chi connectivity index (χ3n) is 6.18. The SMILES string of the molecule is COC(=O)Cn1c(=O)c2c(nc3n(-c4ccc(C)c(C)c4)c(-c4ccccc4)cn23)n(C)c1=O. The molecule has 0 bridgehead atoms. The molecule has 0 unspecified atom stereocenters. The molecule has 0 spiro atoms. The zero-order chi connectivity index (χ0) is 24.1. The van der Waals surface area contributed by atoms with Crippen LogP contribution in [0, 0.1) is 13.8 Å². The molecular formula is C25H23N5O4. The average molecular weight is 457 g/mol. The highest BCUT2D eigenvalue weighted by atomic mass is 16.5. The van der Waals surface area contributed by atoms with E-state index < -0.39 is 23.8 Å². The highest BCUT2D eigenvalue weighted by Gasteiger charge is 2.23. The molecule has 0 saturated heterocycles. The van der Waals surface area contributed by atoms with Gasteiger partial charge in [0.05, 0.1) is 12.8 Å². The molecule has 0 amide bonds. The molecule has 5 rings (SSSR count). The summed E-state index contributed by atoms with van der Waals surface area (Å²) >= 11 is 0. The summed E-state index contributed by atoms with van der Waals surface area (Å²) in [5.41, 5.74) is 4.15. The van der Waals surface area contributed by atoms with E-state index in [0.717, 1.165) is 32.6 Å². The summed E-state index contributed by atoms with van der Waals surface area (Å²) < 4.78 is 10.5. The van der Waals surface area contributed by atoms with Crippen LogP contribution in [0.1, 0.15) is 11.1 Å². The van der Waals surface area contributed by atoms with E-state index >= 15 is 0 Å². The largest absolute Gasteiger partial charge is 0.468 e. The maximum absolute atomic E-state index is 13.4. The fourth-order valence-corrected chi connectivity index (χ4v) is 4.16. The Kier molecular flexibility index (Phi) is 4.97. The number of nitrogens with zero attached hydrogens (tertiary/aromatic N) is 5. The smallest absolute Gasteiger partial charge is 0.333 e. The number of esters is 1.